The molecule has 0 amide bonds. The van der Waals surface area contributed by atoms with E-state index in [9.17, 15) is 0 Å². The van der Waals surface area contributed by atoms with E-state index in [0.717, 1.165) is 25.3 Å². The number of aryl methyl sites for hydroxylation is 2. The number of benzene rings is 1. The maximum Gasteiger partial charge on any atom is 0.101 e. The molecule has 82 valence electrons. The number of amidine groups is 1. The summed E-state index contributed by atoms with van der Waals surface area (Å²) in [5, 5.41) is 3.29. The molecule has 0 aromatic heterocycles. The summed E-state index contributed by atoms with van der Waals surface area (Å²) < 4.78 is 0. The quantitative estimate of drug-likeness (QED) is 0.819. The van der Waals surface area contributed by atoms with Crippen LogP contribution >= 0.6 is 12.4 Å². The van der Waals surface area contributed by atoms with Crippen molar-refractivity contribution >= 4 is 18.2 Å². The standard InChI is InChI=1S/C12H16N2.ClH/c1-9-3-4-11(7-10(9)2)8-12-13-5-6-14-12;/h3-4,7H,5-6,8H2,1-2H3,(H,13,14);1H. The summed E-state index contributed by atoms with van der Waals surface area (Å²) in [4.78, 5) is 4.39. The van der Waals surface area contributed by atoms with Gasteiger partial charge in [-0.05, 0) is 30.5 Å². The van der Waals surface area contributed by atoms with Crippen molar-refractivity contribution in [3.8, 4) is 0 Å². The zero-order valence-corrected chi connectivity index (χ0v) is 10.0. The van der Waals surface area contributed by atoms with Crippen LogP contribution in [0.5, 0.6) is 0 Å². The Morgan fingerprint density at radius 1 is 1.27 bits per heavy atom. The second-order valence-corrected chi connectivity index (χ2v) is 3.85. The van der Waals surface area contributed by atoms with Crippen molar-refractivity contribution in [3.05, 3.63) is 34.9 Å². The smallest absolute Gasteiger partial charge is 0.101 e. The van der Waals surface area contributed by atoms with Crippen molar-refractivity contribution in [1.29, 1.82) is 0 Å². The molecule has 0 radical (unpaired) electrons. The highest BCUT2D eigenvalue weighted by atomic mass is 35.5. The van der Waals surface area contributed by atoms with Crippen LogP contribution in [-0.4, -0.2) is 18.9 Å². The van der Waals surface area contributed by atoms with Gasteiger partial charge in [0.15, 0.2) is 0 Å². The van der Waals surface area contributed by atoms with Crippen LogP contribution in [-0.2, 0) is 6.42 Å². The molecule has 2 rings (SSSR count). The number of nitrogens with one attached hydrogen (secondary N) is 1. The van der Waals surface area contributed by atoms with E-state index in [2.05, 4.69) is 42.4 Å². The fraction of sp³-hybridized carbons (Fsp3) is 0.417. The average molecular weight is 225 g/mol. The monoisotopic (exact) mass is 224 g/mol. The molecule has 3 heteroatoms. The van der Waals surface area contributed by atoms with Gasteiger partial charge < -0.3 is 5.32 Å². The number of hydrogen-bond donors (Lipinski definition) is 1. The minimum atomic E-state index is 0. The number of hydrogen-bond acceptors (Lipinski definition) is 2. The van der Waals surface area contributed by atoms with Crippen molar-refractivity contribution in [3.63, 3.8) is 0 Å². The summed E-state index contributed by atoms with van der Waals surface area (Å²) in [6.07, 6.45) is 0.946. The zero-order chi connectivity index (χ0) is 9.97. The number of halogens is 1. The van der Waals surface area contributed by atoms with Gasteiger partial charge in [-0.1, -0.05) is 18.2 Å². The number of nitrogens with zero attached hydrogens (tertiary/aromatic N) is 1. The lowest BCUT2D eigenvalue weighted by molar-refractivity contribution is 0.953. The Morgan fingerprint density at radius 3 is 2.67 bits per heavy atom. The van der Waals surface area contributed by atoms with E-state index < -0.39 is 0 Å². The Hall–Kier alpha value is -1.02. The fourth-order valence-corrected chi connectivity index (χ4v) is 1.67. The normalized spacial score (nSPS) is 14.1. The molecule has 2 nitrogen and oxygen atoms in total. The Balaban J connectivity index is 0.00000112. The highest BCUT2D eigenvalue weighted by Gasteiger charge is 2.06. The van der Waals surface area contributed by atoms with Crippen LogP contribution in [0.15, 0.2) is 23.2 Å². The van der Waals surface area contributed by atoms with Crippen LogP contribution in [0.2, 0.25) is 0 Å². The van der Waals surface area contributed by atoms with E-state index in [1.54, 1.807) is 0 Å². The lowest BCUT2D eigenvalue weighted by Crippen LogP contribution is -2.20. The SMILES string of the molecule is Cc1ccc(CC2=NCCN2)cc1C.Cl. The molecule has 1 aliphatic heterocycles. The summed E-state index contributed by atoms with van der Waals surface area (Å²) >= 11 is 0. The van der Waals surface area contributed by atoms with Gasteiger partial charge in [0, 0.05) is 13.0 Å². The van der Waals surface area contributed by atoms with Crippen molar-refractivity contribution in [2.45, 2.75) is 20.3 Å². The minimum Gasteiger partial charge on any atom is -0.372 e. The minimum absolute atomic E-state index is 0. The molecule has 1 aliphatic rings. The predicted octanol–water partition coefficient (Wildman–Crippen LogP) is 2.27. The zero-order valence-electron chi connectivity index (χ0n) is 9.21. The van der Waals surface area contributed by atoms with Crippen LogP contribution in [0, 0.1) is 13.8 Å². The highest BCUT2D eigenvalue weighted by molar-refractivity contribution is 5.85. The van der Waals surface area contributed by atoms with Gasteiger partial charge in [0.1, 0.15) is 5.84 Å². The number of rotatable bonds is 2. The first kappa shape index (κ1) is 12.1. The van der Waals surface area contributed by atoms with Gasteiger partial charge in [-0.25, -0.2) is 0 Å². The topological polar surface area (TPSA) is 24.4 Å². The van der Waals surface area contributed by atoms with Gasteiger partial charge in [-0.15, -0.1) is 12.4 Å². The summed E-state index contributed by atoms with van der Waals surface area (Å²) in [6.45, 7) is 6.23. The van der Waals surface area contributed by atoms with Crippen LogP contribution in [0.3, 0.4) is 0 Å². The molecule has 0 saturated heterocycles. The van der Waals surface area contributed by atoms with Crippen LogP contribution in [0.4, 0.5) is 0 Å². The first-order valence-corrected chi connectivity index (χ1v) is 5.09. The summed E-state index contributed by atoms with van der Waals surface area (Å²) in [7, 11) is 0. The van der Waals surface area contributed by atoms with Crippen LogP contribution < -0.4 is 5.32 Å². The van der Waals surface area contributed by atoms with Gasteiger partial charge in [0.05, 0.1) is 6.54 Å². The molecular formula is C12H17ClN2. The van der Waals surface area contributed by atoms with Crippen LogP contribution in [0.25, 0.3) is 0 Å². The van der Waals surface area contributed by atoms with E-state index in [1.165, 1.54) is 16.7 Å². The van der Waals surface area contributed by atoms with Gasteiger partial charge in [-0.3, -0.25) is 4.99 Å². The predicted molar refractivity (Wildman–Crippen MR) is 67.2 cm³/mol. The molecule has 0 bridgehead atoms. The van der Waals surface area contributed by atoms with E-state index in [0.29, 0.717) is 0 Å². The second-order valence-electron chi connectivity index (χ2n) is 3.85. The Morgan fingerprint density at radius 2 is 2.07 bits per heavy atom. The summed E-state index contributed by atoms with van der Waals surface area (Å²) in [5.74, 6) is 1.13. The molecule has 15 heavy (non-hydrogen) atoms. The average Bonchev–Trinajstić information content (AvgIpc) is 2.64. The maximum atomic E-state index is 4.39. The van der Waals surface area contributed by atoms with Crippen molar-refractivity contribution in [2.75, 3.05) is 13.1 Å². The van der Waals surface area contributed by atoms with Crippen molar-refractivity contribution in [2.24, 2.45) is 4.99 Å². The summed E-state index contributed by atoms with van der Waals surface area (Å²) in [6, 6.07) is 6.61. The first-order valence-electron chi connectivity index (χ1n) is 5.09. The number of aliphatic imine (C=N–C) groups is 1. The summed E-state index contributed by atoms with van der Waals surface area (Å²) in [5.41, 5.74) is 4.07. The van der Waals surface area contributed by atoms with Gasteiger partial charge in [0.2, 0.25) is 0 Å². The molecular weight excluding hydrogens is 208 g/mol. The second kappa shape index (κ2) is 5.17. The van der Waals surface area contributed by atoms with E-state index >= 15 is 0 Å². The molecule has 1 aromatic carbocycles. The van der Waals surface area contributed by atoms with E-state index in [1.807, 2.05) is 0 Å². The molecule has 0 fully saturated rings. The molecule has 0 unspecified atom stereocenters. The lowest BCUT2D eigenvalue weighted by atomic mass is 10.0. The molecule has 0 aliphatic carbocycles. The van der Waals surface area contributed by atoms with Gasteiger partial charge >= 0.3 is 0 Å². The Bertz CT molecular complexity index is 372. The third-order valence-electron chi connectivity index (χ3n) is 2.69. The largest absolute Gasteiger partial charge is 0.372 e. The Kier molecular flexibility index (Phi) is 4.15. The molecule has 1 N–H and O–H groups in total. The maximum absolute atomic E-state index is 4.39. The molecule has 1 aromatic rings. The van der Waals surface area contributed by atoms with E-state index in [-0.39, 0.29) is 12.4 Å². The third-order valence-corrected chi connectivity index (χ3v) is 2.69. The molecule has 0 saturated carbocycles. The third kappa shape index (κ3) is 2.96. The van der Waals surface area contributed by atoms with Gasteiger partial charge in [-0.2, -0.15) is 0 Å². The molecule has 0 spiro atoms. The lowest BCUT2D eigenvalue weighted by Gasteiger charge is -2.05. The Labute approximate surface area is 97.2 Å². The van der Waals surface area contributed by atoms with Crippen molar-refractivity contribution < 1.29 is 0 Å². The van der Waals surface area contributed by atoms with Gasteiger partial charge in [0.25, 0.3) is 0 Å². The first-order chi connectivity index (χ1) is 6.75. The molecule has 0 atom stereocenters. The highest BCUT2D eigenvalue weighted by Crippen LogP contribution is 2.10. The molecule has 1 heterocycles. The van der Waals surface area contributed by atoms with Crippen molar-refractivity contribution in [1.82, 2.24) is 5.32 Å². The van der Waals surface area contributed by atoms with Crippen LogP contribution in [0.1, 0.15) is 16.7 Å². The van der Waals surface area contributed by atoms with E-state index in [4.69, 9.17) is 0 Å². The fourth-order valence-electron chi connectivity index (χ4n) is 1.67.